The van der Waals surface area contributed by atoms with Crippen molar-refractivity contribution in [1.29, 1.82) is 5.26 Å². The number of nitrogens with zero attached hydrogens (tertiary/aromatic N) is 1. The Bertz CT molecular complexity index is 488. The van der Waals surface area contributed by atoms with Crippen LogP contribution in [0.5, 0.6) is 5.75 Å². The Labute approximate surface area is 112 Å². The lowest BCUT2D eigenvalue weighted by Gasteiger charge is -2.08. The lowest BCUT2D eigenvalue weighted by molar-refractivity contribution is -0.130. The Morgan fingerprint density at radius 1 is 1.37 bits per heavy atom. The van der Waals surface area contributed by atoms with Gasteiger partial charge in [-0.05, 0) is 31.0 Å². The minimum absolute atomic E-state index is 0.386. The fraction of sp³-hybridized carbons (Fsp3) is 0.357. The van der Waals surface area contributed by atoms with Crippen LogP contribution in [0.4, 0.5) is 0 Å². The molecule has 0 radical (unpaired) electrons. The molecule has 100 valence electrons. The van der Waals surface area contributed by atoms with Crippen LogP contribution in [0.1, 0.15) is 12.5 Å². The van der Waals surface area contributed by atoms with Crippen molar-refractivity contribution in [2.45, 2.75) is 13.3 Å². The summed E-state index contributed by atoms with van der Waals surface area (Å²) in [7, 11) is 1.60. The molecule has 0 aromatic heterocycles. The molecule has 0 saturated heterocycles. The third-order valence-electron chi connectivity index (χ3n) is 2.67. The molecule has 5 nitrogen and oxygen atoms in total. The van der Waals surface area contributed by atoms with Gasteiger partial charge in [-0.3, -0.25) is 9.59 Å². The van der Waals surface area contributed by atoms with Gasteiger partial charge in [-0.2, -0.15) is 5.26 Å². The fourth-order valence-electron chi connectivity index (χ4n) is 1.56. The summed E-state index contributed by atoms with van der Waals surface area (Å²) >= 11 is 0. The molecular formula is C14H16N2O3. The van der Waals surface area contributed by atoms with Gasteiger partial charge < -0.3 is 10.1 Å². The van der Waals surface area contributed by atoms with Crippen LogP contribution >= 0.6 is 0 Å². The second-order valence-corrected chi connectivity index (χ2v) is 4.06. The van der Waals surface area contributed by atoms with Crippen LogP contribution in [0.25, 0.3) is 0 Å². The number of carbonyl (C=O) groups is 2. The number of ketones is 1. The highest BCUT2D eigenvalue weighted by Gasteiger charge is 2.21. The number of Topliss-reactive ketones (excluding diaryl/α,β-unsaturated/α-hetero) is 1. The highest BCUT2D eigenvalue weighted by atomic mass is 16.5. The normalized spacial score (nSPS) is 11.2. The maximum Gasteiger partial charge on any atom is 0.244 e. The van der Waals surface area contributed by atoms with E-state index in [1.165, 1.54) is 6.92 Å². The number of nitrogens with one attached hydrogen (secondary N) is 1. The van der Waals surface area contributed by atoms with E-state index in [-0.39, 0.29) is 0 Å². The molecule has 0 bridgehead atoms. The van der Waals surface area contributed by atoms with Gasteiger partial charge in [0.1, 0.15) is 5.75 Å². The molecule has 0 saturated carbocycles. The smallest absolute Gasteiger partial charge is 0.244 e. The van der Waals surface area contributed by atoms with E-state index >= 15 is 0 Å². The first-order valence-electron chi connectivity index (χ1n) is 5.89. The summed E-state index contributed by atoms with van der Waals surface area (Å²) < 4.78 is 5.04. The first kappa shape index (κ1) is 14.7. The predicted molar refractivity (Wildman–Crippen MR) is 69.5 cm³/mol. The molecular weight excluding hydrogens is 244 g/mol. The van der Waals surface area contributed by atoms with E-state index in [1.807, 2.05) is 24.3 Å². The fourth-order valence-corrected chi connectivity index (χ4v) is 1.56. The third kappa shape index (κ3) is 4.43. The van der Waals surface area contributed by atoms with E-state index in [4.69, 9.17) is 10.00 Å². The first-order valence-corrected chi connectivity index (χ1v) is 5.89. The van der Waals surface area contributed by atoms with Crippen molar-refractivity contribution < 1.29 is 14.3 Å². The summed E-state index contributed by atoms with van der Waals surface area (Å²) in [5.74, 6) is -1.42. The van der Waals surface area contributed by atoms with E-state index in [9.17, 15) is 9.59 Å². The molecule has 1 N–H and O–H groups in total. The maximum atomic E-state index is 11.5. The monoisotopic (exact) mass is 260 g/mol. The maximum absolute atomic E-state index is 11.5. The second kappa shape index (κ2) is 7.17. The van der Waals surface area contributed by atoms with E-state index in [0.29, 0.717) is 13.0 Å². The summed E-state index contributed by atoms with van der Waals surface area (Å²) in [5, 5.41) is 11.3. The number of methoxy groups -OCH3 is 1. The van der Waals surface area contributed by atoms with Gasteiger partial charge >= 0.3 is 0 Å². The highest BCUT2D eigenvalue weighted by molar-refractivity contribution is 6.02. The summed E-state index contributed by atoms with van der Waals surface area (Å²) in [6.45, 7) is 1.62. The van der Waals surface area contributed by atoms with Crippen molar-refractivity contribution >= 4 is 11.7 Å². The number of hydrogen-bond acceptors (Lipinski definition) is 4. The third-order valence-corrected chi connectivity index (χ3v) is 2.67. The molecule has 0 heterocycles. The lowest BCUT2D eigenvalue weighted by Crippen LogP contribution is -2.34. The number of benzene rings is 1. The summed E-state index contributed by atoms with van der Waals surface area (Å²) in [5.41, 5.74) is 1.04. The molecule has 19 heavy (non-hydrogen) atoms. The summed E-state index contributed by atoms with van der Waals surface area (Å²) in [6.07, 6.45) is 0.631. The van der Waals surface area contributed by atoms with Gasteiger partial charge in [0.25, 0.3) is 0 Å². The van der Waals surface area contributed by atoms with Gasteiger partial charge in [-0.25, -0.2) is 0 Å². The van der Waals surface area contributed by atoms with Crippen molar-refractivity contribution in [3.8, 4) is 11.8 Å². The molecule has 1 unspecified atom stereocenters. The summed E-state index contributed by atoms with van der Waals surface area (Å²) in [4.78, 5) is 22.6. The van der Waals surface area contributed by atoms with E-state index in [2.05, 4.69) is 5.32 Å². The Morgan fingerprint density at radius 3 is 2.47 bits per heavy atom. The lowest BCUT2D eigenvalue weighted by atomic mass is 10.1. The van der Waals surface area contributed by atoms with Gasteiger partial charge in [-0.15, -0.1) is 0 Å². The SMILES string of the molecule is COc1ccc(CCNC(=O)C(C#N)C(C)=O)cc1. The molecule has 0 fully saturated rings. The quantitative estimate of drug-likeness (QED) is 0.776. The van der Waals surface area contributed by atoms with Gasteiger partial charge in [0.2, 0.25) is 5.91 Å². The minimum atomic E-state index is -1.21. The van der Waals surface area contributed by atoms with Crippen LogP contribution in [0, 0.1) is 17.2 Å². The number of ether oxygens (including phenoxy) is 1. The van der Waals surface area contributed by atoms with Crippen LogP contribution in [0.2, 0.25) is 0 Å². The highest BCUT2D eigenvalue weighted by Crippen LogP contribution is 2.11. The molecule has 5 heteroatoms. The second-order valence-electron chi connectivity index (χ2n) is 4.06. The van der Waals surface area contributed by atoms with Crippen molar-refractivity contribution in [3.05, 3.63) is 29.8 Å². The van der Waals surface area contributed by atoms with Crippen molar-refractivity contribution in [2.75, 3.05) is 13.7 Å². The van der Waals surface area contributed by atoms with Crippen LogP contribution in [0.15, 0.2) is 24.3 Å². The molecule has 1 aromatic carbocycles. The zero-order valence-corrected chi connectivity index (χ0v) is 11.0. The Balaban J connectivity index is 2.43. The molecule has 1 amide bonds. The zero-order valence-electron chi connectivity index (χ0n) is 11.0. The topological polar surface area (TPSA) is 79.2 Å². The van der Waals surface area contributed by atoms with Crippen LogP contribution < -0.4 is 10.1 Å². The van der Waals surface area contributed by atoms with Gasteiger partial charge in [0.05, 0.1) is 13.2 Å². The Morgan fingerprint density at radius 2 is 2.00 bits per heavy atom. The van der Waals surface area contributed by atoms with Gasteiger partial charge in [0, 0.05) is 6.54 Å². The standard InChI is InChI=1S/C14H16N2O3/c1-10(17)13(9-15)14(18)16-8-7-11-3-5-12(19-2)6-4-11/h3-6,13H,7-8H2,1-2H3,(H,16,18). The Kier molecular flexibility index (Phi) is 5.55. The molecule has 1 aromatic rings. The number of hydrogen-bond donors (Lipinski definition) is 1. The molecule has 0 spiro atoms. The van der Waals surface area contributed by atoms with Crippen LogP contribution in [0.3, 0.4) is 0 Å². The average molecular weight is 260 g/mol. The Hall–Kier alpha value is -2.35. The number of nitriles is 1. The van der Waals surface area contributed by atoms with E-state index in [1.54, 1.807) is 13.2 Å². The van der Waals surface area contributed by atoms with Crippen molar-refractivity contribution in [2.24, 2.45) is 5.92 Å². The minimum Gasteiger partial charge on any atom is -0.497 e. The van der Waals surface area contributed by atoms with E-state index in [0.717, 1.165) is 11.3 Å². The first-order chi connectivity index (χ1) is 9.08. The number of rotatable bonds is 6. The number of carbonyl (C=O) groups excluding carboxylic acids is 2. The predicted octanol–water partition coefficient (Wildman–Crippen LogP) is 1.08. The largest absolute Gasteiger partial charge is 0.497 e. The van der Waals surface area contributed by atoms with Gasteiger partial charge in [0.15, 0.2) is 11.7 Å². The zero-order chi connectivity index (χ0) is 14.3. The van der Waals surface area contributed by atoms with Crippen LogP contribution in [-0.4, -0.2) is 25.3 Å². The van der Waals surface area contributed by atoms with Crippen molar-refractivity contribution in [1.82, 2.24) is 5.32 Å². The van der Waals surface area contributed by atoms with Crippen molar-refractivity contribution in [3.63, 3.8) is 0 Å². The number of amides is 1. The average Bonchev–Trinajstić information content (AvgIpc) is 2.40. The molecule has 0 aliphatic heterocycles. The van der Waals surface area contributed by atoms with Crippen LogP contribution in [-0.2, 0) is 16.0 Å². The summed E-state index contributed by atoms with van der Waals surface area (Å²) in [6, 6.07) is 9.16. The molecule has 0 aliphatic carbocycles. The van der Waals surface area contributed by atoms with Gasteiger partial charge in [-0.1, -0.05) is 12.1 Å². The molecule has 0 aliphatic rings. The molecule has 1 rings (SSSR count). The molecule has 1 atom stereocenters. The van der Waals surface area contributed by atoms with E-state index < -0.39 is 17.6 Å².